The van der Waals surface area contributed by atoms with Crippen LogP contribution < -0.4 is 0 Å². The van der Waals surface area contributed by atoms with Crippen molar-refractivity contribution in [2.75, 3.05) is 0 Å². The summed E-state index contributed by atoms with van der Waals surface area (Å²) in [5, 5.41) is -0.403. The molecule has 0 radical (unpaired) electrons. The Morgan fingerprint density at radius 3 is 1.79 bits per heavy atom. The topological polar surface area (TPSA) is 17.1 Å². The summed E-state index contributed by atoms with van der Waals surface area (Å²) in [6.45, 7) is 1.96. The van der Waals surface area contributed by atoms with Crippen molar-refractivity contribution in [3.63, 3.8) is 0 Å². The summed E-state index contributed by atoms with van der Waals surface area (Å²) in [7, 11) is 0. The molecule has 0 spiro atoms. The van der Waals surface area contributed by atoms with E-state index in [1.807, 2.05) is 19.1 Å². The number of hydrogen-bond donors (Lipinski definition) is 0. The van der Waals surface area contributed by atoms with Crippen molar-refractivity contribution in [2.24, 2.45) is 0 Å². The Morgan fingerprint density at radius 1 is 0.947 bits per heavy atom. The van der Waals surface area contributed by atoms with Crippen LogP contribution in [0.3, 0.4) is 0 Å². The SMILES string of the molecule is Cc1ccc(C(=O)Cl)cc1.Fc1cccc(F)c1F. The third-order valence-corrected chi connectivity index (χ3v) is 2.40. The smallest absolute Gasteiger partial charge is 0.252 e. The predicted molar refractivity (Wildman–Crippen MR) is 67.7 cm³/mol. The van der Waals surface area contributed by atoms with Crippen LogP contribution in [0.4, 0.5) is 13.2 Å². The first kappa shape index (κ1) is 15.2. The highest BCUT2D eigenvalue weighted by molar-refractivity contribution is 6.67. The minimum absolute atomic E-state index is 0.403. The molecule has 19 heavy (non-hydrogen) atoms. The molecule has 0 saturated carbocycles. The molecule has 0 aliphatic carbocycles. The molecule has 0 unspecified atom stereocenters. The lowest BCUT2D eigenvalue weighted by molar-refractivity contribution is 0.108. The van der Waals surface area contributed by atoms with Crippen molar-refractivity contribution < 1.29 is 18.0 Å². The normalized spacial score (nSPS) is 9.53. The zero-order chi connectivity index (χ0) is 14.4. The van der Waals surface area contributed by atoms with Gasteiger partial charge in [-0.3, -0.25) is 4.79 Å². The van der Waals surface area contributed by atoms with E-state index < -0.39 is 22.7 Å². The Morgan fingerprint density at radius 2 is 1.42 bits per heavy atom. The fraction of sp³-hybridized carbons (Fsp3) is 0.0714. The van der Waals surface area contributed by atoms with Crippen LogP contribution in [0.1, 0.15) is 15.9 Å². The summed E-state index contributed by atoms with van der Waals surface area (Å²) >= 11 is 5.22. The molecule has 0 saturated heterocycles. The lowest BCUT2D eigenvalue weighted by atomic mass is 10.2. The number of carbonyl (C=O) groups is 1. The number of halogens is 4. The van der Waals surface area contributed by atoms with Gasteiger partial charge in [0.25, 0.3) is 5.24 Å². The maximum atomic E-state index is 12.0. The highest BCUT2D eigenvalue weighted by Crippen LogP contribution is 2.08. The second kappa shape index (κ2) is 6.95. The molecule has 100 valence electrons. The second-order valence-electron chi connectivity index (χ2n) is 3.68. The van der Waals surface area contributed by atoms with E-state index in [0.717, 1.165) is 23.8 Å². The molecule has 0 atom stereocenters. The van der Waals surface area contributed by atoms with Crippen LogP contribution in [0.2, 0.25) is 0 Å². The van der Waals surface area contributed by atoms with Gasteiger partial charge in [0.15, 0.2) is 17.5 Å². The van der Waals surface area contributed by atoms with Gasteiger partial charge in [0.1, 0.15) is 0 Å². The van der Waals surface area contributed by atoms with E-state index in [9.17, 15) is 18.0 Å². The van der Waals surface area contributed by atoms with Crippen molar-refractivity contribution in [3.05, 3.63) is 71.0 Å². The molecule has 5 heteroatoms. The van der Waals surface area contributed by atoms with Gasteiger partial charge in [-0.2, -0.15) is 0 Å². The van der Waals surface area contributed by atoms with Gasteiger partial charge in [-0.1, -0.05) is 23.8 Å². The van der Waals surface area contributed by atoms with E-state index in [4.69, 9.17) is 11.6 Å². The van der Waals surface area contributed by atoms with Crippen molar-refractivity contribution in [2.45, 2.75) is 6.92 Å². The van der Waals surface area contributed by atoms with Crippen LogP contribution in [0.15, 0.2) is 42.5 Å². The molecule has 0 N–H and O–H groups in total. The molecule has 0 aromatic heterocycles. The van der Waals surface area contributed by atoms with Gasteiger partial charge < -0.3 is 0 Å². The van der Waals surface area contributed by atoms with E-state index in [1.54, 1.807) is 12.1 Å². The molecular weight excluding hydrogens is 277 g/mol. The fourth-order valence-corrected chi connectivity index (χ4v) is 1.29. The van der Waals surface area contributed by atoms with Crippen LogP contribution in [0, 0.1) is 24.4 Å². The van der Waals surface area contributed by atoms with E-state index in [2.05, 4.69) is 0 Å². The average molecular weight is 287 g/mol. The van der Waals surface area contributed by atoms with E-state index in [-0.39, 0.29) is 0 Å². The third kappa shape index (κ3) is 4.75. The maximum Gasteiger partial charge on any atom is 0.252 e. The Hall–Kier alpha value is -1.81. The quantitative estimate of drug-likeness (QED) is 0.558. The molecule has 0 amide bonds. The number of rotatable bonds is 1. The maximum absolute atomic E-state index is 12.0. The molecule has 2 aromatic rings. The molecule has 0 aliphatic heterocycles. The second-order valence-corrected chi connectivity index (χ2v) is 4.02. The summed E-state index contributed by atoms with van der Waals surface area (Å²) in [6.07, 6.45) is 0. The van der Waals surface area contributed by atoms with E-state index >= 15 is 0 Å². The van der Waals surface area contributed by atoms with Gasteiger partial charge in [0.2, 0.25) is 0 Å². The highest BCUT2D eigenvalue weighted by atomic mass is 35.5. The Balaban J connectivity index is 0.000000191. The molecule has 0 bridgehead atoms. The van der Waals surface area contributed by atoms with Crippen molar-refractivity contribution in [1.29, 1.82) is 0 Å². The highest BCUT2D eigenvalue weighted by Gasteiger charge is 2.04. The molecule has 0 fully saturated rings. The Labute approximate surface area is 113 Å². The third-order valence-electron chi connectivity index (χ3n) is 2.18. The largest absolute Gasteiger partial charge is 0.276 e. The standard InChI is InChI=1S/C8H7ClO.C6H3F3/c1-6-2-4-7(5-3-6)8(9)10;7-4-2-1-3-5(8)6(4)9/h2-5H,1H3;1-3H. The molecule has 0 heterocycles. The Bertz CT molecular complexity index is 547. The van der Waals surface area contributed by atoms with Gasteiger partial charge in [-0.25, -0.2) is 13.2 Å². The lowest BCUT2D eigenvalue weighted by Crippen LogP contribution is -1.86. The first-order valence-electron chi connectivity index (χ1n) is 5.28. The summed E-state index contributed by atoms with van der Waals surface area (Å²) < 4.78 is 35.9. The van der Waals surface area contributed by atoms with Crippen LogP contribution in [-0.2, 0) is 0 Å². The molecule has 2 aromatic carbocycles. The number of aryl methyl sites for hydroxylation is 1. The zero-order valence-electron chi connectivity index (χ0n) is 9.96. The van der Waals surface area contributed by atoms with E-state index in [0.29, 0.717) is 5.56 Å². The van der Waals surface area contributed by atoms with Gasteiger partial charge in [0, 0.05) is 5.56 Å². The summed E-state index contributed by atoms with van der Waals surface area (Å²) in [6, 6.07) is 9.96. The Kier molecular flexibility index (Phi) is 5.57. The molecule has 0 aliphatic rings. The lowest BCUT2D eigenvalue weighted by Gasteiger charge is -1.92. The summed E-state index contributed by atoms with van der Waals surface area (Å²) in [5.41, 5.74) is 1.67. The molecular formula is C14H10ClF3O. The predicted octanol–water partition coefficient (Wildman–Crippen LogP) is 4.48. The average Bonchev–Trinajstić information content (AvgIpc) is 2.37. The van der Waals surface area contributed by atoms with Gasteiger partial charge in [-0.15, -0.1) is 0 Å². The van der Waals surface area contributed by atoms with Gasteiger partial charge in [0.05, 0.1) is 0 Å². The number of carbonyl (C=O) groups excluding carboxylic acids is 1. The van der Waals surface area contributed by atoms with Gasteiger partial charge >= 0.3 is 0 Å². The number of benzene rings is 2. The van der Waals surface area contributed by atoms with E-state index in [1.165, 1.54) is 0 Å². The first-order chi connectivity index (χ1) is 8.91. The summed E-state index contributed by atoms with van der Waals surface area (Å²) in [5.74, 6) is -3.73. The minimum atomic E-state index is -1.42. The van der Waals surface area contributed by atoms with Crippen molar-refractivity contribution in [1.82, 2.24) is 0 Å². The van der Waals surface area contributed by atoms with Crippen LogP contribution in [0.5, 0.6) is 0 Å². The molecule has 1 nitrogen and oxygen atoms in total. The van der Waals surface area contributed by atoms with Crippen molar-refractivity contribution >= 4 is 16.8 Å². The first-order valence-corrected chi connectivity index (χ1v) is 5.65. The number of hydrogen-bond acceptors (Lipinski definition) is 1. The van der Waals surface area contributed by atoms with Gasteiger partial charge in [-0.05, 0) is 42.8 Å². The minimum Gasteiger partial charge on any atom is -0.276 e. The van der Waals surface area contributed by atoms with Crippen LogP contribution in [0.25, 0.3) is 0 Å². The zero-order valence-corrected chi connectivity index (χ0v) is 10.7. The van der Waals surface area contributed by atoms with Crippen LogP contribution >= 0.6 is 11.6 Å². The monoisotopic (exact) mass is 286 g/mol. The molecule has 2 rings (SSSR count). The van der Waals surface area contributed by atoms with Crippen LogP contribution in [-0.4, -0.2) is 5.24 Å². The van der Waals surface area contributed by atoms with Crippen molar-refractivity contribution in [3.8, 4) is 0 Å². The summed E-state index contributed by atoms with van der Waals surface area (Å²) in [4.78, 5) is 10.5. The fourth-order valence-electron chi connectivity index (χ4n) is 1.16.